The van der Waals surface area contributed by atoms with Crippen molar-refractivity contribution in [3.05, 3.63) is 65.7 Å². The lowest BCUT2D eigenvalue weighted by molar-refractivity contribution is -0.128. The molecule has 0 radical (unpaired) electrons. The van der Waals surface area contributed by atoms with Gasteiger partial charge in [0.2, 0.25) is 0 Å². The third-order valence-corrected chi connectivity index (χ3v) is 4.00. The minimum absolute atomic E-state index is 0.0782. The molecule has 2 rings (SSSR count). The van der Waals surface area contributed by atoms with Gasteiger partial charge in [-0.3, -0.25) is 0 Å². The zero-order valence-electron chi connectivity index (χ0n) is 16.1. The summed E-state index contributed by atoms with van der Waals surface area (Å²) in [6.45, 7) is 9.31. The first kappa shape index (κ1) is 19.8. The molecule has 0 saturated heterocycles. The number of carbonyl (C=O) groups is 1. The van der Waals surface area contributed by atoms with E-state index in [1.54, 1.807) is 6.08 Å². The number of rotatable bonds is 7. The average molecular weight is 352 g/mol. The van der Waals surface area contributed by atoms with Crippen molar-refractivity contribution < 1.29 is 14.3 Å². The van der Waals surface area contributed by atoms with Crippen LogP contribution in [0, 0.1) is 0 Å². The Morgan fingerprint density at radius 2 is 1.58 bits per heavy atom. The second-order valence-electron chi connectivity index (χ2n) is 7.30. The highest BCUT2D eigenvalue weighted by molar-refractivity contribution is 5.88. The Bertz CT molecular complexity index is 720. The molecular formula is C23H28O3. The van der Waals surface area contributed by atoms with Gasteiger partial charge in [0.05, 0.1) is 6.61 Å². The van der Waals surface area contributed by atoms with Gasteiger partial charge in [-0.05, 0) is 53.3 Å². The van der Waals surface area contributed by atoms with Gasteiger partial charge in [-0.25, -0.2) is 4.79 Å². The Kier molecular flexibility index (Phi) is 7.02. The SMILES string of the molecule is CCCCOc1ccc(/C=C/C(=O)Oc2ccc(C(C)(C)C)cc2)cc1. The predicted molar refractivity (Wildman–Crippen MR) is 107 cm³/mol. The van der Waals surface area contributed by atoms with Crippen molar-refractivity contribution in [3.63, 3.8) is 0 Å². The third kappa shape index (κ3) is 6.40. The van der Waals surface area contributed by atoms with Gasteiger partial charge < -0.3 is 9.47 Å². The molecule has 0 unspecified atom stereocenters. The molecule has 0 aliphatic rings. The molecule has 3 nitrogen and oxygen atoms in total. The van der Waals surface area contributed by atoms with Crippen molar-refractivity contribution in [2.75, 3.05) is 6.61 Å². The summed E-state index contributed by atoms with van der Waals surface area (Å²) < 4.78 is 11.0. The number of hydrogen-bond donors (Lipinski definition) is 0. The van der Waals surface area contributed by atoms with Crippen molar-refractivity contribution in [1.29, 1.82) is 0 Å². The van der Waals surface area contributed by atoms with Crippen molar-refractivity contribution in [3.8, 4) is 11.5 Å². The Balaban J connectivity index is 1.88. The number of unbranched alkanes of at least 4 members (excludes halogenated alkanes) is 1. The van der Waals surface area contributed by atoms with Crippen LogP contribution in [0.4, 0.5) is 0 Å². The number of benzene rings is 2. The van der Waals surface area contributed by atoms with Crippen LogP contribution >= 0.6 is 0 Å². The Morgan fingerprint density at radius 1 is 0.962 bits per heavy atom. The molecule has 0 fully saturated rings. The monoisotopic (exact) mass is 352 g/mol. The summed E-state index contributed by atoms with van der Waals surface area (Å²) in [4.78, 5) is 12.0. The molecule has 0 heterocycles. The molecule has 0 spiro atoms. The van der Waals surface area contributed by atoms with Crippen molar-refractivity contribution in [2.45, 2.75) is 46.0 Å². The van der Waals surface area contributed by atoms with Crippen LogP contribution in [-0.4, -0.2) is 12.6 Å². The highest BCUT2D eigenvalue weighted by atomic mass is 16.5. The second-order valence-corrected chi connectivity index (χ2v) is 7.30. The minimum atomic E-state index is -0.392. The van der Waals surface area contributed by atoms with E-state index in [2.05, 4.69) is 27.7 Å². The van der Waals surface area contributed by atoms with Gasteiger partial charge in [-0.15, -0.1) is 0 Å². The van der Waals surface area contributed by atoms with Gasteiger partial charge in [-0.2, -0.15) is 0 Å². The van der Waals surface area contributed by atoms with Crippen LogP contribution in [0.5, 0.6) is 11.5 Å². The van der Waals surface area contributed by atoms with Crippen LogP contribution in [0.25, 0.3) is 6.08 Å². The summed E-state index contributed by atoms with van der Waals surface area (Å²) in [6.07, 6.45) is 5.33. The molecule has 0 bridgehead atoms. The summed E-state index contributed by atoms with van der Waals surface area (Å²) in [5, 5.41) is 0. The standard InChI is InChI=1S/C23H28O3/c1-5-6-17-25-20-12-7-18(8-13-20)9-16-22(24)26-21-14-10-19(11-15-21)23(2,3)4/h7-16H,5-6,17H2,1-4H3/b16-9+. The summed E-state index contributed by atoms with van der Waals surface area (Å²) >= 11 is 0. The van der Waals surface area contributed by atoms with E-state index in [0.29, 0.717) is 5.75 Å². The topological polar surface area (TPSA) is 35.5 Å². The maximum absolute atomic E-state index is 12.0. The molecule has 2 aromatic carbocycles. The Labute approximate surface area is 156 Å². The van der Waals surface area contributed by atoms with Gasteiger partial charge in [0.15, 0.2) is 0 Å². The smallest absolute Gasteiger partial charge is 0.336 e. The molecule has 2 aromatic rings. The number of hydrogen-bond acceptors (Lipinski definition) is 3. The lowest BCUT2D eigenvalue weighted by atomic mass is 9.87. The van der Waals surface area contributed by atoms with Crippen molar-refractivity contribution in [1.82, 2.24) is 0 Å². The van der Waals surface area contributed by atoms with Gasteiger partial charge in [0, 0.05) is 6.08 Å². The molecular weight excluding hydrogens is 324 g/mol. The minimum Gasteiger partial charge on any atom is -0.494 e. The quantitative estimate of drug-likeness (QED) is 0.274. The van der Waals surface area contributed by atoms with Crippen LogP contribution in [0.3, 0.4) is 0 Å². The van der Waals surface area contributed by atoms with E-state index < -0.39 is 5.97 Å². The first-order valence-corrected chi connectivity index (χ1v) is 9.12. The van der Waals surface area contributed by atoms with E-state index in [0.717, 1.165) is 30.8 Å². The van der Waals surface area contributed by atoms with Crippen molar-refractivity contribution >= 4 is 12.0 Å². The Hall–Kier alpha value is -2.55. The zero-order chi connectivity index (χ0) is 19.0. The maximum Gasteiger partial charge on any atom is 0.336 e. The van der Waals surface area contributed by atoms with Crippen LogP contribution < -0.4 is 9.47 Å². The van der Waals surface area contributed by atoms with E-state index in [1.165, 1.54) is 11.6 Å². The predicted octanol–water partition coefficient (Wildman–Crippen LogP) is 5.78. The number of ether oxygens (including phenoxy) is 2. The van der Waals surface area contributed by atoms with E-state index in [4.69, 9.17) is 9.47 Å². The molecule has 0 aromatic heterocycles. The van der Waals surface area contributed by atoms with Gasteiger partial charge in [-0.1, -0.05) is 58.4 Å². The Morgan fingerprint density at radius 3 is 2.15 bits per heavy atom. The number of carbonyl (C=O) groups excluding carboxylic acids is 1. The van der Waals surface area contributed by atoms with E-state index in [9.17, 15) is 4.79 Å². The van der Waals surface area contributed by atoms with Crippen molar-refractivity contribution in [2.24, 2.45) is 0 Å². The summed E-state index contributed by atoms with van der Waals surface area (Å²) in [7, 11) is 0. The molecule has 0 aliphatic heterocycles. The third-order valence-electron chi connectivity index (χ3n) is 4.00. The lowest BCUT2D eigenvalue weighted by Gasteiger charge is -2.18. The fraction of sp³-hybridized carbons (Fsp3) is 0.348. The van der Waals surface area contributed by atoms with Gasteiger partial charge >= 0.3 is 5.97 Å². The van der Waals surface area contributed by atoms with Crippen LogP contribution in [0.1, 0.15) is 51.7 Å². The first-order valence-electron chi connectivity index (χ1n) is 9.12. The molecule has 0 aliphatic carbocycles. The largest absolute Gasteiger partial charge is 0.494 e. The molecule has 3 heteroatoms. The van der Waals surface area contributed by atoms with Gasteiger partial charge in [0.1, 0.15) is 11.5 Å². The summed E-state index contributed by atoms with van der Waals surface area (Å²) in [5.74, 6) is 1.00. The first-order chi connectivity index (χ1) is 12.4. The summed E-state index contributed by atoms with van der Waals surface area (Å²) in [5.41, 5.74) is 2.21. The zero-order valence-corrected chi connectivity index (χ0v) is 16.1. The molecule has 0 N–H and O–H groups in total. The van der Waals surface area contributed by atoms with Gasteiger partial charge in [0.25, 0.3) is 0 Å². The molecule has 138 valence electrons. The van der Waals surface area contributed by atoms with E-state index in [1.807, 2.05) is 48.5 Å². The van der Waals surface area contributed by atoms with Crippen LogP contribution in [-0.2, 0) is 10.2 Å². The fourth-order valence-electron chi connectivity index (χ4n) is 2.35. The normalized spacial score (nSPS) is 11.5. The van der Waals surface area contributed by atoms with Crippen LogP contribution in [0.15, 0.2) is 54.6 Å². The lowest BCUT2D eigenvalue weighted by Crippen LogP contribution is -2.11. The molecule has 0 amide bonds. The fourth-order valence-corrected chi connectivity index (χ4v) is 2.35. The second kappa shape index (κ2) is 9.23. The van der Waals surface area contributed by atoms with E-state index in [-0.39, 0.29) is 5.41 Å². The number of esters is 1. The highest BCUT2D eigenvalue weighted by Gasteiger charge is 2.13. The summed E-state index contributed by atoms with van der Waals surface area (Å²) in [6, 6.07) is 15.3. The van der Waals surface area contributed by atoms with Crippen LogP contribution in [0.2, 0.25) is 0 Å². The highest BCUT2D eigenvalue weighted by Crippen LogP contribution is 2.24. The average Bonchev–Trinajstić information content (AvgIpc) is 2.61. The van der Waals surface area contributed by atoms with E-state index >= 15 is 0 Å². The maximum atomic E-state index is 12.0. The molecule has 26 heavy (non-hydrogen) atoms. The molecule has 0 saturated carbocycles. The molecule has 0 atom stereocenters.